The zero-order chi connectivity index (χ0) is 22.4. The van der Waals surface area contributed by atoms with E-state index in [0.29, 0.717) is 5.92 Å². The van der Waals surface area contributed by atoms with Crippen LogP contribution in [0.1, 0.15) is 55.0 Å². The zero-order valence-corrected chi connectivity index (χ0v) is 19.7. The van der Waals surface area contributed by atoms with E-state index in [2.05, 4.69) is 76.6 Å². The molecule has 0 amide bonds. The summed E-state index contributed by atoms with van der Waals surface area (Å²) in [6.07, 6.45) is 3.74. The fourth-order valence-electron chi connectivity index (χ4n) is 4.16. The minimum absolute atomic E-state index is 0.118. The SMILES string of the molecule is CN=C(NCc1ccc(CN2CCC(O)CC2)cc1)N(C)Cc1cn(C)nc1C(C)C. The molecule has 7 nitrogen and oxygen atoms in total. The summed E-state index contributed by atoms with van der Waals surface area (Å²) in [4.78, 5) is 9.02. The van der Waals surface area contributed by atoms with Crippen molar-refractivity contribution in [2.24, 2.45) is 12.0 Å². The third-order valence-corrected chi connectivity index (χ3v) is 5.90. The van der Waals surface area contributed by atoms with Crippen LogP contribution in [0, 0.1) is 0 Å². The van der Waals surface area contributed by atoms with Gasteiger partial charge in [0, 0.05) is 65.6 Å². The number of piperidine rings is 1. The van der Waals surface area contributed by atoms with Crippen molar-refractivity contribution < 1.29 is 5.11 Å². The number of likely N-dealkylation sites (tertiary alicyclic amines) is 1. The lowest BCUT2D eigenvalue weighted by molar-refractivity contribution is 0.0792. The van der Waals surface area contributed by atoms with Gasteiger partial charge in [-0.15, -0.1) is 0 Å². The zero-order valence-electron chi connectivity index (χ0n) is 19.7. The highest BCUT2D eigenvalue weighted by Gasteiger charge is 2.17. The Morgan fingerprint density at radius 2 is 1.87 bits per heavy atom. The van der Waals surface area contributed by atoms with Gasteiger partial charge in [-0.3, -0.25) is 14.6 Å². The third-order valence-electron chi connectivity index (χ3n) is 5.90. The molecule has 1 saturated heterocycles. The quantitative estimate of drug-likeness (QED) is 0.526. The first kappa shape index (κ1) is 23.3. The van der Waals surface area contributed by atoms with Crippen LogP contribution in [0.5, 0.6) is 0 Å². The van der Waals surface area contributed by atoms with Gasteiger partial charge in [-0.2, -0.15) is 5.10 Å². The smallest absolute Gasteiger partial charge is 0.193 e. The molecule has 2 aromatic rings. The number of hydrogen-bond donors (Lipinski definition) is 2. The van der Waals surface area contributed by atoms with Crippen molar-refractivity contribution in [1.29, 1.82) is 0 Å². The van der Waals surface area contributed by atoms with E-state index in [0.717, 1.165) is 57.2 Å². The number of guanidine groups is 1. The van der Waals surface area contributed by atoms with E-state index in [1.165, 1.54) is 16.7 Å². The summed E-state index contributed by atoms with van der Waals surface area (Å²) < 4.78 is 1.89. The molecule has 1 aromatic heterocycles. The lowest BCUT2D eigenvalue weighted by atomic mass is 10.1. The highest BCUT2D eigenvalue weighted by Crippen LogP contribution is 2.19. The van der Waals surface area contributed by atoms with Gasteiger partial charge in [-0.05, 0) is 29.9 Å². The summed E-state index contributed by atoms with van der Waals surface area (Å²) in [5.74, 6) is 1.27. The topological polar surface area (TPSA) is 68.9 Å². The van der Waals surface area contributed by atoms with E-state index >= 15 is 0 Å². The molecule has 170 valence electrons. The van der Waals surface area contributed by atoms with Crippen LogP contribution in [0.25, 0.3) is 0 Å². The maximum Gasteiger partial charge on any atom is 0.193 e. The number of aliphatic imine (C=N–C) groups is 1. The van der Waals surface area contributed by atoms with Crippen molar-refractivity contribution in [1.82, 2.24) is 24.9 Å². The predicted molar refractivity (Wildman–Crippen MR) is 126 cm³/mol. The predicted octanol–water partition coefficient (Wildman–Crippen LogP) is 2.71. The van der Waals surface area contributed by atoms with Gasteiger partial charge in [-0.1, -0.05) is 38.1 Å². The molecule has 31 heavy (non-hydrogen) atoms. The molecule has 0 unspecified atom stereocenters. The van der Waals surface area contributed by atoms with Crippen molar-refractivity contribution in [2.45, 2.75) is 58.3 Å². The number of aryl methyl sites for hydroxylation is 1. The molecule has 0 bridgehead atoms. The minimum Gasteiger partial charge on any atom is -0.393 e. The van der Waals surface area contributed by atoms with Crippen molar-refractivity contribution in [3.8, 4) is 0 Å². The molecule has 0 saturated carbocycles. The van der Waals surface area contributed by atoms with E-state index < -0.39 is 0 Å². The Hall–Kier alpha value is -2.38. The second-order valence-corrected chi connectivity index (χ2v) is 8.95. The summed E-state index contributed by atoms with van der Waals surface area (Å²) in [7, 11) is 5.86. The van der Waals surface area contributed by atoms with Gasteiger partial charge < -0.3 is 15.3 Å². The van der Waals surface area contributed by atoms with E-state index in [1.54, 1.807) is 0 Å². The lowest BCUT2D eigenvalue weighted by Crippen LogP contribution is -2.38. The Bertz CT molecular complexity index is 849. The number of benzene rings is 1. The number of nitrogens with one attached hydrogen (secondary N) is 1. The second kappa shape index (κ2) is 10.8. The molecule has 7 heteroatoms. The van der Waals surface area contributed by atoms with Gasteiger partial charge in [-0.25, -0.2) is 0 Å². The normalized spacial score (nSPS) is 16.2. The summed E-state index contributed by atoms with van der Waals surface area (Å²) in [6.45, 7) is 8.76. The van der Waals surface area contributed by atoms with Gasteiger partial charge in [0.15, 0.2) is 5.96 Å². The van der Waals surface area contributed by atoms with E-state index in [4.69, 9.17) is 0 Å². The Kier molecular flexibility index (Phi) is 8.09. The monoisotopic (exact) mass is 426 g/mol. The average molecular weight is 427 g/mol. The molecule has 0 radical (unpaired) electrons. The van der Waals surface area contributed by atoms with E-state index in [9.17, 15) is 5.11 Å². The van der Waals surface area contributed by atoms with Gasteiger partial charge in [0.25, 0.3) is 0 Å². The first-order valence-corrected chi connectivity index (χ1v) is 11.3. The van der Waals surface area contributed by atoms with Gasteiger partial charge in [0.05, 0.1) is 11.8 Å². The van der Waals surface area contributed by atoms with Crippen molar-refractivity contribution >= 4 is 5.96 Å². The number of nitrogens with zero attached hydrogens (tertiary/aromatic N) is 5. The van der Waals surface area contributed by atoms with Crippen LogP contribution >= 0.6 is 0 Å². The van der Waals surface area contributed by atoms with Crippen LogP contribution in [-0.2, 0) is 26.7 Å². The second-order valence-electron chi connectivity index (χ2n) is 8.95. The summed E-state index contributed by atoms with van der Waals surface area (Å²) in [5.41, 5.74) is 4.93. The maximum absolute atomic E-state index is 9.66. The van der Waals surface area contributed by atoms with Crippen LogP contribution < -0.4 is 5.32 Å². The van der Waals surface area contributed by atoms with E-state index in [-0.39, 0.29) is 6.10 Å². The lowest BCUT2D eigenvalue weighted by Gasteiger charge is -2.29. The fraction of sp³-hybridized carbons (Fsp3) is 0.583. The van der Waals surface area contributed by atoms with Crippen LogP contribution in [0.15, 0.2) is 35.5 Å². The van der Waals surface area contributed by atoms with Crippen LogP contribution in [0.4, 0.5) is 0 Å². The van der Waals surface area contributed by atoms with Crippen molar-refractivity contribution in [3.63, 3.8) is 0 Å². The standard InChI is InChI=1S/C24H38N6O/c1-18(2)23-21(17-29(5)27-23)16-28(4)24(25-3)26-14-19-6-8-20(9-7-19)15-30-12-10-22(31)11-13-30/h6-9,17-18,22,31H,10-16H2,1-5H3,(H,25,26). The molecular weight excluding hydrogens is 388 g/mol. The molecule has 0 aliphatic carbocycles. The summed E-state index contributed by atoms with van der Waals surface area (Å²) >= 11 is 0. The largest absolute Gasteiger partial charge is 0.393 e. The number of aliphatic hydroxyl groups excluding tert-OH is 1. The van der Waals surface area contributed by atoms with Crippen LogP contribution in [-0.4, -0.2) is 63.9 Å². The Balaban J connectivity index is 1.52. The fourth-order valence-corrected chi connectivity index (χ4v) is 4.16. The molecule has 3 rings (SSSR count). The summed E-state index contributed by atoms with van der Waals surface area (Å²) in [6, 6.07) is 8.79. The molecule has 1 aliphatic rings. The Morgan fingerprint density at radius 1 is 1.23 bits per heavy atom. The first-order valence-electron chi connectivity index (χ1n) is 11.3. The number of aliphatic hydroxyl groups is 1. The minimum atomic E-state index is -0.118. The van der Waals surface area contributed by atoms with Gasteiger partial charge in [0.1, 0.15) is 0 Å². The molecule has 1 aromatic carbocycles. The first-order chi connectivity index (χ1) is 14.9. The molecular formula is C24H38N6O. The number of aromatic nitrogens is 2. The van der Waals surface area contributed by atoms with Crippen molar-refractivity contribution in [3.05, 3.63) is 52.8 Å². The molecule has 2 heterocycles. The molecule has 1 aliphatic heterocycles. The van der Waals surface area contributed by atoms with Crippen LogP contribution in [0.2, 0.25) is 0 Å². The van der Waals surface area contributed by atoms with Gasteiger partial charge >= 0.3 is 0 Å². The Labute approximate surface area is 186 Å². The highest BCUT2D eigenvalue weighted by atomic mass is 16.3. The molecule has 0 spiro atoms. The summed E-state index contributed by atoms with van der Waals surface area (Å²) in [5, 5.41) is 17.8. The number of rotatable bonds is 7. The van der Waals surface area contributed by atoms with Crippen molar-refractivity contribution in [2.75, 3.05) is 27.2 Å². The maximum atomic E-state index is 9.66. The molecule has 0 atom stereocenters. The molecule has 2 N–H and O–H groups in total. The molecule has 1 fully saturated rings. The third kappa shape index (κ3) is 6.55. The van der Waals surface area contributed by atoms with Gasteiger partial charge in [0.2, 0.25) is 0 Å². The number of hydrogen-bond acceptors (Lipinski definition) is 4. The average Bonchev–Trinajstić information content (AvgIpc) is 3.11. The highest BCUT2D eigenvalue weighted by molar-refractivity contribution is 5.79. The van der Waals surface area contributed by atoms with E-state index in [1.807, 2.05) is 18.8 Å². The Morgan fingerprint density at radius 3 is 2.48 bits per heavy atom. The van der Waals surface area contributed by atoms with Crippen LogP contribution in [0.3, 0.4) is 0 Å².